The van der Waals surface area contributed by atoms with Gasteiger partial charge in [-0.1, -0.05) is 5.16 Å². The van der Waals surface area contributed by atoms with Gasteiger partial charge in [0.15, 0.2) is 5.82 Å². The molecule has 0 aromatic carbocycles. The normalized spacial score (nSPS) is 10.4. The molecule has 2 aromatic rings. The summed E-state index contributed by atoms with van der Waals surface area (Å²) in [4.78, 5) is 18.6. The van der Waals surface area contributed by atoms with Crippen molar-refractivity contribution in [1.29, 1.82) is 0 Å². The molecule has 2 rings (SSSR count). The lowest BCUT2D eigenvalue weighted by Gasteiger charge is -2.06. The van der Waals surface area contributed by atoms with Crippen LogP contribution in [0.1, 0.15) is 22.1 Å². The second kappa shape index (κ2) is 5.42. The molecule has 0 unspecified atom stereocenters. The summed E-state index contributed by atoms with van der Waals surface area (Å²) in [6.07, 6.45) is 1.37. The molecule has 2 heterocycles. The average Bonchev–Trinajstić information content (AvgIpc) is 2.77. The van der Waals surface area contributed by atoms with Gasteiger partial charge in [0, 0.05) is 13.0 Å². The summed E-state index contributed by atoms with van der Waals surface area (Å²) >= 11 is 0. The summed E-state index contributed by atoms with van der Waals surface area (Å²) < 4.78 is 17.8. The van der Waals surface area contributed by atoms with Crippen LogP contribution in [0.2, 0.25) is 0 Å². The molecule has 19 heavy (non-hydrogen) atoms. The summed E-state index contributed by atoms with van der Waals surface area (Å²) in [5, 5.41) is 15.3. The minimum atomic E-state index is -1.25. The van der Waals surface area contributed by atoms with E-state index in [2.05, 4.69) is 20.4 Å². The number of halogens is 1. The molecule has 0 aliphatic heterocycles. The Bertz CT molecular complexity index is 599. The number of rotatable bonds is 5. The quantitative estimate of drug-likeness (QED) is 0.840. The molecule has 0 saturated heterocycles. The van der Waals surface area contributed by atoms with E-state index in [1.807, 2.05) is 0 Å². The van der Waals surface area contributed by atoms with Crippen molar-refractivity contribution in [1.82, 2.24) is 15.1 Å². The number of aromatic nitrogens is 3. The second-order valence-electron chi connectivity index (χ2n) is 3.77. The van der Waals surface area contributed by atoms with Crippen molar-refractivity contribution < 1.29 is 18.8 Å². The lowest BCUT2D eigenvalue weighted by molar-refractivity contribution is 0.0697. The van der Waals surface area contributed by atoms with Gasteiger partial charge in [0.05, 0.1) is 6.20 Å². The largest absolute Gasteiger partial charge is 0.478 e. The monoisotopic (exact) mass is 266 g/mol. The Labute approximate surface area is 107 Å². The maximum absolute atomic E-state index is 12.9. The van der Waals surface area contributed by atoms with Crippen molar-refractivity contribution in [3.05, 3.63) is 35.4 Å². The highest BCUT2D eigenvalue weighted by atomic mass is 19.1. The van der Waals surface area contributed by atoms with Gasteiger partial charge < -0.3 is 14.9 Å². The zero-order valence-corrected chi connectivity index (χ0v) is 10.1. The number of aryl methyl sites for hydroxylation is 1. The molecule has 0 aliphatic carbocycles. The molecule has 8 heteroatoms. The molecule has 2 N–H and O–H groups in total. The Morgan fingerprint density at radius 2 is 2.37 bits per heavy atom. The van der Waals surface area contributed by atoms with E-state index < -0.39 is 11.8 Å². The van der Waals surface area contributed by atoms with E-state index in [1.165, 1.54) is 0 Å². The summed E-state index contributed by atoms with van der Waals surface area (Å²) in [6, 6.07) is 0.911. The number of nitrogens with zero attached hydrogens (tertiary/aromatic N) is 3. The summed E-state index contributed by atoms with van der Waals surface area (Å²) in [7, 11) is 0. The lowest BCUT2D eigenvalue weighted by Crippen LogP contribution is -2.11. The van der Waals surface area contributed by atoms with E-state index in [0.717, 1.165) is 12.3 Å². The molecule has 0 atom stereocenters. The number of carboxylic acid groups (broad SMARTS) is 1. The van der Waals surface area contributed by atoms with E-state index >= 15 is 0 Å². The van der Waals surface area contributed by atoms with Gasteiger partial charge in [-0.2, -0.15) is 4.98 Å². The Kier molecular flexibility index (Phi) is 3.69. The van der Waals surface area contributed by atoms with Crippen molar-refractivity contribution in [2.45, 2.75) is 13.3 Å². The van der Waals surface area contributed by atoms with Crippen molar-refractivity contribution in [3.8, 4) is 0 Å². The first-order valence-corrected chi connectivity index (χ1v) is 5.48. The van der Waals surface area contributed by atoms with Gasteiger partial charge in [-0.25, -0.2) is 14.2 Å². The zero-order valence-electron chi connectivity index (χ0n) is 10.1. The maximum atomic E-state index is 12.9. The first kappa shape index (κ1) is 12.9. The van der Waals surface area contributed by atoms with Gasteiger partial charge in [-0.15, -0.1) is 0 Å². The highest BCUT2D eigenvalue weighted by molar-refractivity contribution is 5.93. The van der Waals surface area contributed by atoms with Crippen LogP contribution >= 0.6 is 0 Å². The fourth-order valence-corrected chi connectivity index (χ4v) is 1.47. The van der Waals surface area contributed by atoms with Gasteiger partial charge in [0.1, 0.15) is 17.2 Å². The third kappa shape index (κ3) is 3.24. The first-order chi connectivity index (χ1) is 9.06. The fraction of sp³-hybridized carbons (Fsp3) is 0.273. The lowest BCUT2D eigenvalue weighted by atomic mass is 10.2. The predicted octanol–water partition coefficient (Wildman–Crippen LogP) is 1.26. The molecule has 2 aromatic heterocycles. The summed E-state index contributed by atoms with van der Waals surface area (Å²) in [5.41, 5.74) is -0.221. The van der Waals surface area contributed by atoms with Crippen LogP contribution in [0.5, 0.6) is 0 Å². The third-order valence-corrected chi connectivity index (χ3v) is 2.29. The van der Waals surface area contributed by atoms with Crippen LogP contribution < -0.4 is 5.32 Å². The standard InChI is InChI=1S/C11H11FN4O3/c1-6-15-9(19-16-6)2-3-13-10-8(11(17)18)4-7(12)5-14-10/h4-5H,2-3H2,1H3,(H,13,14)(H,17,18). The number of carboxylic acids is 1. The molecule has 0 fully saturated rings. The van der Waals surface area contributed by atoms with Crippen LogP contribution in [0.4, 0.5) is 10.2 Å². The Balaban J connectivity index is 2.01. The Morgan fingerprint density at radius 1 is 1.58 bits per heavy atom. The van der Waals surface area contributed by atoms with Gasteiger partial charge >= 0.3 is 5.97 Å². The third-order valence-electron chi connectivity index (χ3n) is 2.29. The number of aromatic carboxylic acids is 1. The maximum Gasteiger partial charge on any atom is 0.339 e. The molecule has 0 saturated carbocycles. The fourth-order valence-electron chi connectivity index (χ4n) is 1.47. The topological polar surface area (TPSA) is 101 Å². The number of nitrogens with one attached hydrogen (secondary N) is 1. The number of pyridine rings is 1. The first-order valence-electron chi connectivity index (χ1n) is 5.48. The number of anilines is 1. The number of hydrogen-bond acceptors (Lipinski definition) is 6. The van der Waals surface area contributed by atoms with E-state index in [9.17, 15) is 9.18 Å². The van der Waals surface area contributed by atoms with Crippen LogP contribution in [0.25, 0.3) is 0 Å². The molecule has 100 valence electrons. The van der Waals surface area contributed by atoms with Crippen LogP contribution in [-0.2, 0) is 6.42 Å². The van der Waals surface area contributed by atoms with E-state index in [4.69, 9.17) is 9.63 Å². The molecule has 0 aliphatic rings. The van der Waals surface area contributed by atoms with Gasteiger partial charge in [-0.3, -0.25) is 0 Å². The molecule has 0 amide bonds. The molecular formula is C11H11FN4O3. The van der Waals surface area contributed by atoms with Crippen molar-refractivity contribution in [3.63, 3.8) is 0 Å². The Hall–Kier alpha value is -2.51. The van der Waals surface area contributed by atoms with Crippen LogP contribution in [0, 0.1) is 12.7 Å². The molecule has 7 nitrogen and oxygen atoms in total. The Morgan fingerprint density at radius 3 is 3.00 bits per heavy atom. The van der Waals surface area contributed by atoms with Gasteiger partial charge in [0.2, 0.25) is 5.89 Å². The average molecular weight is 266 g/mol. The smallest absolute Gasteiger partial charge is 0.339 e. The minimum absolute atomic E-state index is 0.102. The van der Waals surface area contributed by atoms with Crippen molar-refractivity contribution in [2.75, 3.05) is 11.9 Å². The van der Waals surface area contributed by atoms with E-state index in [0.29, 0.717) is 24.7 Å². The molecule has 0 bridgehead atoms. The molecule has 0 radical (unpaired) electrons. The van der Waals surface area contributed by atoms with E-state index in [1.54, 1.807) is 6.92 Å². The summed E-state index contributed by atoms with van der Waals surface area (Å²) in [5.74, 6) is -0.881. The number of hydrogen-bond donors (Lipinski definition) is 2. The predicted molar refractivity (Wildman–Crippen MR) is 62.4 cm³/mol. The molecular weight excluding hydrogens is 255 g/mol. The van der Waals surface area contributed by atoms with E-state index in [-0.39, 0.29) is 11.4 Å². The highest BCUT2D eigenvalue weighted by Gasteiger charge is 2.13. The molecule has 0 spiro atoms. The SMILES string of the molecule is Cc1noc(CCNc2ncc(F)cc2C(=O)O)n1. The van der Waals surface area contributed by atoms with Crippen LogP contribution in [0.15, 0.2) is 16.8 Å². The van der Waals surface area contributed by atoms with Gasteiger partial charge in [0.25, 0.3) is 0 Å². The number of carbonyl (C=O) groups is 1. The van der Waals surface area contributed by atoms with Crippen LogP contribution in [0.3, 0.4) is 0 Å². The summed E-state index contributed by atoms with van der Waals surface area (Å²) in [6.45, 7) is 2.05. The van der Waals surface area contributed by atoms with Gasteiger partial charge in [-0.05, 0) is 13.0 Å². The van der Waals surface area contributed by atoms with Crippen LogP contribution in [-0.4, -0.2) is 32.7 Å². The second-order valence-corrected chi connectivity index (χ2v) is 3.77. The minimum Gasteiger partial charge on any atom is -0.478 e. The van der Waals surface area contributed by atoms with Crippen molar-refractivity contribution >= 4 is 11.8 Å². The zero-order chi connectivity index (χ0) is 13.8. The highest BCUT2D eigenvalue weighted by Crippen LogP contribution is 2.13. The van der Waals surface area contributed by atoms with Crippen molar-refractivity contribution in [2.24, 2.45) is 0 Å².